The number of ether oxygens (including phenoxy) is 1. The number of sulfonamides is 1. The van der Waals surface area contributed by atoms with Crippen molar-refractivity contribution in [2.45, 2.75) is 24.1 Å². The third-order valence-corrected chi connectivity index (χ3v) is 5.82. The third kappa shape index (κ3) is 4.42. The number of hydrogen-bond donors (Lipinski definition) is 1. The summed E-state index contributed by atoms with van der Waals surface area (Å²) >= 11 is 0. The van der Waals surface area contributed by atoms with Gasteiger partial charge in [-0.05, 0) is 30.3 Å². The molecule has 1 amide bonds. The zero-order valence-corrected chi connectivity index (χ0v) is 15.4. The zero-order valence-electron chi connectivity index (χ0n) is 14.6. The van der Waals surface area contributed by atoms with Crippen molar-refractivity contribution in [3.8, 4) is 5.88 Å². The van der Waals surface area contributed by atoms with Crippen LogP contribution in [-0.4, -0.2) is 42.8 Å². The van der Waals surface area contributed by atoms with E-state index in [-0.39, 0.29) is 29.8 Å². The molecule has 1 aliphatic rings. The fourth-order valence-corrected chi connectivity index (χ4v) is 4.03. The highest BCUT2D eigenvalue weighted by molar-refractivity contribution is 7.89. The first-order chi connectivity index (χ1) is 13.1. The summed E-state index contributed by atoms with van der Waals surface area (Å²) in [5.41, 5.74) is -0.412. The summed E-state index contributed by atoms with van der Waals surface area (Å²) in [5, 5.41) is 2.54. The largest absolute Gasteiger partial charge is 0.472 e. The molecule has 3 rings (SSSR count). The summed E-state index contributed by atoms with van der Waals surface area (Å²) in [6.07, 6.45) is -4.32. The molecule has 1 aromatic carbocycles. The molecule has 150 valence electrons. The maximum absolute atomic E-state index is 12.5. The Morgan fingerprint density at radius 3 is 2.32 bits per heavy atom. The van der Waals surface area contributed by atoms with Crippen LogP contribution in [0.3, 0.4) is 0 Å². The molecule has 1 fully saturated rings. The summed E-state index contributed by atoms with van der Waals surface area (Å²) in [5.74, 6) is -0.273. The zero-order chi connectivity index (χ0) is 20.5. The molecule has 0 unspecified atom stereocenters. The van der Waals surface area contributed by atoms with Gasteiger partial charge < -0.3 is 10.1 Å². The summed E-state index contributed by atoms with van der Waals surface area (Å²) in [7, 11) is -3.73. The molecule has 28 heavy (non-hydrogen) atoms. The Balaban J connectivity index is 1.58. The minimum atomic E-state index is -4.48. The van der Waals surface area contributed by atoms with Crippen LogP contribution in [0.5, 0.6) is 5.88 Å². The van der Waals surface area contributed by atoms with Gasteiger partial charge in [0.25, 0.3) is 0 Å². The van der Waals surface area contributed by atoms with Crippen molar-refractivity contribution >= 4 is 21.6 Å². The van der Waals surface area contributed by atoms with Crippen LogP contribution in [0, 0.1) is 0 Å². The number of alkyl halides is 3. The van der Waals surface area contributed by atoms with E-state index in [1.165, 1.54) is 35.5 Å². The van der Waals surface area contributed by atoms with Crippen molar-refractivity contribution < 1.29 is 31.1 Å². The molecule has 0 atom stereocenters. The van der Waals surface area contributed by atoms with Gasteiger partial charge in [0, 0.05) is 24.9 Å². The molecule has 0 aliphatic carbocycles. The molecular weight excluding hydrogens is 399 g/mol. The Morgan fingerprint density at radius 1 is 1.18 bits per heavy atom. The highest BCUT2D eigenvalue weighted by atomic mass is 32.2. The SMILES string of the molecule is CC(=O)Nc1ccc(S(=O)(=O)N2CC(Oc3ccc(C(F)(F)F)cn3)C2)cc1. The number of aromatic nitrogens is 1. The van der Waals surface area contributed by atoms with E-state index in [0.29, 0.717) is 11.9 Å². The van der Waals surface area contributed by atoms with Crippen molar-refractivity contribution in [3.05, 3.63) is 48.2 Å². The molecule has 2 aromatic rings. The molecule has 0 spiro atoms. The van der Waals surface area contributed by atoms with E-state index in [1.54, 1.807) is 0 Å². The highest BCUT2D eigenvalue weighted by Gasteiger charge is 2.38. The average molecular weight is 415 g/mol. The number of benzene rings is 1. The Labute approximate surface area is 159 Å². The molecule has 0 saturated carbocycles. The van der Waals surface area contributed by atoms with Crippen LogP contribution in [0.15, 0.2) is 47.5 Å². The topological polar surface area (TPSA) is 88.6 Å². The third-order valence-electron chi connectivity index (χ3n) is 3.98. The van der Waals surface area contributed by atoms with Gasteiger partial charge in [-0.15, -0.1) is 0 Å². The first kappa shape index (κ1) is 20.1. The average Bonchev–Trinajstić information content (AvgIpc) is 2.57. The second-order valence-electron chi connectivity index (χ2n) is 6.15. The van der Waals surface area contributed by atoms with E-state index in [4.69, 9.17) is 4.74 Å². The van der Waals surface area contributed by atoms with Gasteiger partial charge in [-0.25, -0.2) is 13.4 Å². The van der Waals surface area contributed by atoms with Gasteiger partial charge in [0.2, 0.25) is 21.8 Å². The molecule has 2 heterocycles. The summed E-state index contributed by atoms with van der Waals surface area (Å²) in [6, 6.07) is 7.67. The molecule has 0 bridgehead atoms. The molecular formula is C17H16F3N3O4S. The number of anilines is 1. The van der Waals surface area contributed by atoms with Crippen molar-refractivity contribution in [2.24, 2.45) is 0 Å². The second-order valence-corrected chi connectivity index (χ2v) is 8.09. The van der Waals surface area contributed by atoms with E-state index < -0.39 is 27.9 Å². The van der Waals surface area contributed by atoms with Crippen molar-refractivity contribution in [1.82, 2.24) is 9.29 Å². The number of hydrogen-bond acceptors (Lipinski definition) is 5. The van der Waals surface area contributed by atoms with Crippen molar-refractivity contribution in [3.63, 3.8) is 0 Å². The second kappa shape index (κ2) is 7.40. The highest BCUT2D eigenvalue weighted by Crippen LogP contribution is 2.30. The van der Waals surface area contributed by atoms with Gasteiger partial charge in [0.15, 0.2) is 0 Å². The molecule has 0 radical (unpaired) electrons. The van der Waals surface area contributed by atoms with Crippen LogP contribution in [0.4, 0.5) is 18.9 Å². The van der Waals surface area contributed by atoms with Gasteiger partial charge in [-0.3, -0.25) is 4.79 Å². The summed E-state index contributed by atoms with van der Waals surface area (Å²) in [6.45, 7) is 1.45. The van der Waals surface area contributed by atoms with Crippen LogP contribution >= 0.6 is 0 Å². The van der Waals surface area contributed by atoms with E-state index >= 15 is 0 Å². The van der Waals surface area contributed by atoms with E-state index in [1.807, 2.05) is 0 Å². The van der Waals surface area contributed by atoms with Crippen molar-refractivity contribution in [1.29, 1.82) is 0 Å². The molecule has 1 aromatic heterocycles. The monoisotopic (exact) mass is 415 g/mol. The van der Waals surface area contributed by atoms with Gasteiger partial charge >= 0.3 is 6.18 Å². The Morgan fingerprint density at radius 2 is 1.82 bits per heavy atom. The Bertz CT molecular complexity index is 955. The summed E-state index contributed by atoms with van der Waals surface area (Å²) < 4.78 is 69.2. The maximum atomic E-state index is 12.5. The van der Waals surface area contributed by atoms with E-state index in [0.717, 1.165) is 12.1 Å². The van der Waals surface area contributed by atoms with Crippen LogP contribution in [0.25, 0.3) is 0 Å². The van der Waals surface area contributed by atoms with Crippen LogP contribution in [0.2, 0.25) is 0 Å². The Hall–Kier alpha value is -2.66. The lowest BCUT2D eigenvalue weighted by atomic mass is 10.2. The smallest absolute Gasteiger partial charge is 0.417 e. The minimum absolute atomic E-state index is 0.00490. The number of pyridine rings is 1. The molecule has 1 saturated heterocycles. The lowest BCUT2D eigenvalue weighted by Gasteiger charge is -2.37. The maximum Gasteiger partial charge on any atom is 0.417 e. The first-order valence-corrected chi connectivity index (χ1v) is 9.57. The number of carbonyl (C=O) groups is 1. The lowest BCUT2D eigenvalue weighted by Crippen LogP contribution is -2.56. The number of carbonyl (C=O) groups excluding carboxylic acids is 1. The van der Waals surface area contributed by atoms with Crippen LogP contribution in [0.1, 0.15) is 12.5 Å². The van der Waals surface area contributed by atoms with Gasteiger partial charge in [-0.1, -0.05) is 0 Å². The number of amides is 1. The molecule has 1 N–H and O–H groups in total. The molecule has 7 nitrogen and oxygen atoms in total. The predicted molar refractivity (Wildman–Crippen MR) is 93.2 cm³/mol. The predicted octanol–water partition coefficient (Wildman–Crippen LogP) is 2.51. The van der Waals surface area contributed by atoms with Crippen LogP contribution < -0.4 is 10.1 Å². The number of nitrogens with one attached hydrogen (secondary N) is 1. The molecule has 11 heteroatoms. The standard InChI is InChI=1S/C17H16F3N3O4S/c1-11(24)22-13-3-5-15(6-4-13)28(25,26)23-9-14(10-23)27-16-7-2-12(8-21-16)17(18,19)20/h2-8,14H,9-10H2,1H3,(H,22,24). The molecule has 1 aliphatic heterocycles. The minimum Gasteiger partial charge on any atom is -0.472 e. The van der Waals surface area contributed by atoms with Gasteiger partial charge in [0.05, 0.1) is 23.5 Å². The number of halogens is 3. The van der Waals surface area contributed by atoms with Gasteiger partial charge in [0.1, 0.15) is 6.10 Å². The Kier molecular flexibility index (Phi) is 5.31. The normalized spacial score (nSPS) is 15.7. The van der Waals surface area contributed by atoms with E-state index in [9.17, 15) is 26.4 Å². The quantitative estimate of drug-likeness (QED) is 0.811. The number of nitrogens with zero attached hydrogens (tertiary/aromatic N) is 2. The summed E-state index contributed by atoms with van der Waals surface area (Å²) in [4.78, 5) is 14.7. The fraction of sp³-hybridized carbons (Fsp3) is 0.294. The van der Waals surface area contributed by atoms with E-state index in [2.05, 4.69) is 10.3 Å². The fourth-order valence-electron chi connectivity index (χ4n) is 2.52. The number of rotatable bonds is 5. The van der Waals surface area contributed by atoms with Gasteiger partial charge in [-0.2, -0.15) is 17.5 Å². The lowest BCUT2D eigenvalue weighted by molar-refractivity contribution is -0.137. The first-order valence-electron chi connectivity index (χ1n) is 8.13. The van der Waals surface area contributed by atoms with Crippen molar-refractivity contribution in [2.75, 3.05) is 18.4 Å². The van der Waals surface area contributed by atoms with Crippen LogP contribution in [-0.2, 0) is 21.0 Å².